The fraction of sp³-hybridized carbons (Fsp3) is 0.833. The first-order chi connectivity index (χ1) is 13.2. The van der Waals surface area contributed by atoms with Gasteiger partial charge in [0.1, 0.15) is 17.3 Å². The predicted octanol–water partition coefficient (Wildman–Crippen LogP) is 4.81. The lowest BCUT2D eigenvalue weighted by atomic mass is 9.45. The zero-order valence-electron chi connectivity index (χ0n) is 19.3. The molecule has 0 aromatic carbocycles. The molecule has 0 amide bonds. The van der Waals surface area contributed by atoms with Crippen LogP contribution in [0.2, 0.25) is 0 Å². The van der Waals surface area contributed by atoms with Gasteiger partial charge in [-0.15, -0.1) is 6.58 Å². The zero-order valence-corrected chi connectivity index (χ0v) is 19.3. The molecule has 2 aliphatic rings. The number of esters is 2. The lowest BCUT2D eigenvalue weighted by Gasteiger charge is -2.62. The lowest BCUT2D eigenvalue weighted by Crippen LogP contribution is -2.60. The number of hydrogen-bond acceptors (Lipinski definition) is 5. The van der Waals surface area contributed by atoms with Gasteiger partial charge in [-0.05, 0) is 62.7 Å². The molecule has 0 saturated heterocycles. The minimum absolute atomic E-state index is 0.0481. The molecular formula is C24H40O5. The van der Waals surface area contributed by atoms with Crippen molar-refractivity contribution in [2.45, 2.75) is 104 Å². The largest absolute Gasteiger partial charge is 0.459 e. The number of rotatable bonds is 6. The van der Waals surface area contributed by atoms with Crippen LogP contribution in [-0.2, 0) is 19.1 Å². The Bertz CT molecular complexity index is 652. The number of carbonyl (C=O) groups is 2. The molecule has 0 aromatic heterocycles. The maximum absolute atomic E-state index is 12.0. The van der Waals surface area contributed by atoms with E-state index in [1.165, 1.54) is 26.3 Å². The molecule has 5 nitrogen and oxygen atoms in total. The summed E-state index contributed by atoms with van der Waals surface area (Å²) in [6.07, 6.45) is 6.20. The van der Waals surface area contributed by atoms with Crippen LogP contribution in [0.25, 0.3) is 0 Å². The van der Waals surface area contributed by atoms with E-state index < -0.39 is 23.3 Å². The maximum atomic E-state index is 12.0. The Kier molecular flexibility index (Phi) is 6.64. The second kappa shape index (κ2) is 8.05. The molecule has 29 heavy (non-hydrogen) atoms. The Morgan fingerprint density at radius 1 is 1.17 bits per heavy atom. The summed E-state index contributed by atoms with van der Waals surface area (Å²) in [5.74, 6) is -0.307. The van der Waals surface area contributed by atoms with E-state index in [-0.39, 0.29) is 22.7 Å². The van der Waals surface area contributed by atoms with E-state index in [0.29, 0.717) is 12.3 Å². The van der Waals surface area contributed by atoms with Crippen molar-refractivity contribution in [2.75, 3.05) is 0 Å². The van der Waals surface area contributed by atoms with Gasteiger partial charge < -0.3 is 14.6 Å². The highest BCUT2D eigenvalue weighted by Crippen LogP contribution is 2.64. The maximum Gasteiger partial charge on any atom is 0.303 e. The quantitative estimate of drug-likeness (QED) is 0.504. The van der Waals surface area contributed by atoms with Crippen LogP contribution in [-0.4, -0.2) is 34.4 Å². The van der Waals surface area contributed by atoms with Crippen LogP contribution >= 0.6 is 0 Å². The molecular weight excluding hydrogens is 368 g/mol. The number of fused-ring (bicyclic) bond motifs is 1. The van der Waals surface area contributed by atoms with Crippen molar-refractivity contribution in [1.29, 1.82) is 0 Å². The van der Waals surface area contributed by atoms with Crippen molar-refractivity contribution in [3.05, 3.63) is 12.7 Å². The van der Waals surface area contributed by atoms with Crippen LogP contribution in [0.3, 0.4) is 0 Å². The minimum Gasteiger partial charge on any atom is -0.459 e. The van der Waals surface area contributed by atoms with Crippen molar-refractivity contribution in [3.8, 4) is 0 Å². The van der Waals surface area contributed by atoms with Gasteiger partial charge in [0.05, 0.1) is 0 Å². The Balaban J connectivity index is 2.52. The van der Waals surface area contributed by atoms with Crippen LogP contribution < -0.4 is 0 Å². The highest BCUT2D eigenvalue weighted by atomic mass is 16.6. The summed E-state index contributed by atoms with van der Waals surface area (Å²) in [6, 6.07) is 0. The monoisotopic (exact) mass is 408 g/mol. The Hall–Kier alpha value is -1.36. The molecule has 2 saturated carbocycles. The highest BCUT2D eigenvalue weighted by Gasteiger charge is 2.60. The lowest BCUT2D eigenvalue weighted by molar-refractivity contribution is -0.210. The summed E-state index contributed by atoms with van der Waals surface area (Å²) >= 11 is 0. The highest BCUT2D eigenvalue weighted by molar-refractivity contribution is 5.67. The first kappa shape index (κ1) is 23.9. The SMILES string of the molecule is C=CC(C)(O)[C@@H](C[C@@H]1[C@@]2(C)CCCC(C)(C)[C@@H]2CC[C@@]1(C)OC(C)=O)OC(C)=O. The van der Waals surface area contributed by atoms with Crippen molar-refractivity contribution < 1.29 is 24.2 Å². The first-order valence-corrected chi connectivity index (χ1v) is 10.9. The van der Waals surface area contributed by atoms with Crippen LogP contribution in [0.1, 0.15) is 87.0 Å². The molecule has 2 aliphatic carbocycles. The molecule has 2 rings (SSSR count). The minimum atomic E-state index is -1.36. The topological polar surface area (TPSA) is 72.8 Å². The Morgan fingerprint density at radius 3 is 2.31 bits per heavy atom. The van der Waals surface area contributed by atoms with Gasteiger partial charge in [0.25, 0.3) is 0 Å². The van der Waals surface area contributed by atoms with Crippen LogP contribution in [0, 0.1) is 22.7 Å². The number of ether oxygens (including phenoxy) is 2. The molecule has 0 aromatic rings. The molecule has 0 aliphatic heterocycles. The summed E-state index contributed by atoms with van der Waals surface area (Å²) in [7, 11) is 0. The molecule has 6 atom stereocenters. The van der Waals surface area contributed by atoms with Gasteiger partial charge in [0.15, 0.2) is 0 Å². The zero-order chi connectivity index (χ0) is 22.3. The summed E-state index contributed by atoms with van der Waals surface area (Å²) in [6.45, 7) is 17.1. The molecule has 1 unspecified atom stereocenters. The molecule has 166 valence electrons. The molecule has 0 radical (unpaired) electrons. The summed E-state index contributed by atoms with van der Waals surface area (Å²) in [5, 5.41) is 10.9. The second-order valence-corrected chi connectivity index (χ2v) is 10.7. The summed E-state index contributed by atoms with van der Waals surface area (Å²) in [4.78, 5) is 23.8. The normalized spacial score (nSPS) is 36.8. The third-order valence-electron chi connectivity index (χ3n) is 7.94. The van der Waals surface area contributed by atoms with Gasteiger partial charge in [-0.1, -0.05) is 33.3 Å². The van der Waals surface area contributed by atoms with E-state index in [2.05, 4.69) is 27.4 Å². The fourth-order valence-corrected chi connectivity index (χ4v) is 6.53. The van der Waals surface area contributed by atoms with Crippen molar-refractivity contribution in [1.82, 2.24) is 0 Å². The van der Waals surface area contributed by atoms with Gasteiger partial charge in [-0.3, -0.25) is 9.59 Å². The number of aliphatic hydroxyl groups is 1. The number of carbonyl (C=O) groups excluding carboxylic acids is 2. The van der Waals surface area contributed by atoms with Gasteiger partial charge in [-0.25, -0.2) is 0 Å². The van der Waals surface area contributed by atoms with Gasteiger partial charge in [0.2, 0.25) is 0 Å². The van der Waals surface area contributed by atoms with Crippen LogP contribution in [0.5, 0.6) is 0 Å². The standard InChI is InChI=1S/C24H40O5/c1-9-23(7,27)20(28-16(2)25)15-19-22(6)13-10-12-21(4,5)18(22)11-14-24(19,8)29-17(3)26/h9,18-20,27H,1,10-15H2,2-8H3/t18-,19+,20+,22-,23?,24+/m0/s1. The van der Waals surface area contributed by atoms with E-state index in [1.54, 1.807) is 6.92 Å². The van der Waals surface area contributed by atoms with Gasteiger partial charge in [0, 0.05) is 19.8 Å². The van der Waals surface area contributed by atoms with Crippen molar-refractivity contribution >= 4 is 11.9 Å². The Morgan fingerprint density at radius 2 is 1.79 bits per heavy atom. The third kappa shape index (κ3) is 4.70. The average Bonchev–Trinajstić information content (AvgIpc) is 2.55. The first-order valence-electron chi connectivity index (χ1n) is 10.9. The van der Waals surface area contributed by atoms with Crippen LogP contribution in [0.4, 0.5) is 0 Å². The summed E-state index contributed by atoms with van der Waals surface area (Å²) < 4.78 is 11.5. The van der Waals surface area contributed by atoms with E-state index in [4.69, 9.17) is 9.47 Å². The Labute approximate surface area is 176 Å². The van der Waals surface area contributed by atoms with Crippen LogP contribution in [0.15, 0.2) is 12.7 Å². The van der Waals surface area contributed by atoms with Gasteiger partial charge >= 0.3 is 11.9 Å². The van der Waals surface area contributed by atoms with E-state index in [9.17, 15) is 14.7 Å². The molecule has 2 fully saturated rings. The van der Waals surface area contributed by atoms with Crippen molar-refractivity contribution in [2.24, 2.45) is 22.7 Å². The van der Waals surface area contributed by atoms with E-state index in [1.807, 2.05) is 6.92 Å². The van der Waals surface area contributed by atoms with Crippen molar-refractivity contribution in [3.63, 3.8) is 0 Å². The molecule has 0 spiro atoms. The summed E-state index contributed by atoms with van der Waals surface area (Å²) in [5.41, 5.74) is -1.92. The third-order valence-corrected chi connectivity index (χ3v) is 7.94. The smallest absolute Gasteiger partial charge is 0.303 e. The molecule has 0 bridgehead atoms. The molecule has 5 heteroatoms. The molecule has 0 heterocycles. The second-order valence-electron chi connectivity index (χ2n) is 10.7. The van der Waals surface area contributed by atoms with Gasteiger partial charge in [-0.2, -0.15) is 0 Å². The van der Waals surface area contributed by atoms with E-state index in [0.717, 1.165) is 25.7 Å². The predicted molar refractivity (Wildman–Crippen MR) is 113 cm³/mol. The average molecular weight is 409 g/mol. The van der Waals surface area contributed by atoms with E-state index >= 15 is 0 Å². The fourth-order valence-electron chi connectivity index (χ4n) is 6.53. The number of hydrogen-bond donors (Lipinski definition) is 1. The molecule has 1 N–H and O–H groups in total.